The second-order valence-electron chi connectivity index (χ2n) is 2.66. The molecule has 82 valence electrons. The van der Waals surface area contributed by atoms with Crippen molar-refractivity contribution in [3.8, 4) is 6.07 Å². The summed E-state index contributed by atoms with van der Waals surface area (Å²) in [6, 6.07) is 2.01. The SMILES string of the molecule is N#CCCCCNCCSC(F)(F)F. The number of thioether (sulfide) groups is 1. The number of nitrogens with zero attached hydrogens (tertiary/aromatic N) is 1. The fraction of sp³-hybridized carbons (Fsp3) is 0.875. The van der Waals surface area contributed by atoms with Crippen LogP contribution in [-0.2, 0) is 0 Å². The highest BCUT2D eigenvalue weighted by molar-refractivity contribution is 8.00. The summed E-state index contributed by atoms with van der Waals surface area (Å²) < 4.78 is 34.9. The van der Waals surface area contributed by atoms with Gasteiger partial charge in [-0.2, -0.15) is 18.4 Å². The Balaban J connectivity index is 3.04. The van der Waals surface area contributed by atoms with Gasteiger partial charge in [-0.1, -0.05) is 0 Å². The van der Waals surface area contributed by atoms with Gasteiger partial charge >= 0.3 is 5.51 Å². The lowest BCUT2D eigenvalue weighted by Gasteiger charge is -2.06. The van der Waals surface area contributed by atoms with Gasteiger partial charge in [0.05, 0.1) is 6.07 Å². The summed E-state index contributed by atoms with van der Waals surface area (Å²) in [5.41, 5.74) is -4.12. The third-order valence-corrected chi connectivity index (χ3v) is 2.17. The van der Waals surface area contributed by atoms with Gasteiger partial charge in [-0.25, -0.2) is 0 Å². The van der Waals surface area contributed by atoms with E-state index in [1.807, 2.05) is 6.07 Å². The Morgan fingerprint density at radius 2 is 1.93 bits per heavy atom. The monoisotopic (exact) mass is 226 g/mol. The van der Waals surface area contributed by atoms with Crippen molar-refractivity contribution in [1.82, 2.24) is 5.32 Å². The molecule has 0 radical (unpaired) electrons. The van der Waals surface area contributed by atoms with Crippen molar-refractivity contribution in [1.29, 1.82) is 5.26 Å². The molecule has 6 heteroatoms. The maximum Gasteiger partial charge on any atom is 0.441 e. The standard InChI is InChI=1S/C8H13F3N2S/c9-8(10,11)14-7-6-13-5-3-1-2-4-12/h13H,1-3,5-7H2. The van der Waals surface area contributed by atoms with Gasteiger partial charge in [0, 0.05) is 18.7 Å². The van der Waals surface area contributed by atoms with Crippen LogP contribution in [0.15, 0.2) is 0 Å². The van der Waals surface area contributed by atoms with E-state index in [0.717, 1.165) is 12.8 Å². The molecule has 0 aromatic carbocycles. The Hall–Kier alpha value is -0.410. The van der Waals surface area contributed by atoms with Gasteiger partial charge in [0.1, 0.15) is 0 Å². The smallest absolute Gasteiger partial charge is 0.316 e. The van der Waals surface area contributed by atoms with E-state index in [1.165, 1.54) is 0 Å². The average molecular weight is 226 g/mol. The molecule has 2 nitrogen and oxygen atoms in total. The van der Waals surface area contributed by atoms with Crippen LogP contribution in [0.3, 0.4) is 0 Å². The molecule has 0 aromatic rings. The Labute approximate surface area is 85.9 Å². The van der Waals surface area contributed by atoms with Crippen LogP contribution in [0.2, 0.25) is 0 Å². The van der Waals surface area contributed by atoms with E-state index in [9.17, 15) is 13.2 Å². The molecule has 0 aliphatic carbocycles. The molecule has 0 unspecified atom stereocenters. The molecule has 0 spiro atoms. The van der Waals surface area contributed by atoms with Crippen LogP contribution in [-0.4, -0.2) is 24.4 Å². The molecule has 0 amide bonds. The van der Waals surface area contributed by atoms with Gasteiger partial charge in [0.2, 0.25) is 0 Å². The first-order valence-electron chi connectivity index (χ1n) is 4.34. The summed E-state index contributed by atoms with van der Waals surface area (Å²) in [5.74, 6) is 0.0434. The summed E-state index contributed by atoms with van der Waals surface area (Å²) in [7, 11) is 0. The summed E-state index contributed by atoms with van der Waals surface area (Å²) in [4.78, 5) is 0. The van der Waals surface area contributed by atoms with E-state index in [-0.39, 0.29) is 17.5 Å². The molecule has 1 N–H and O–H groups in total. The summed E-state index contributed by atoms with van der Waals surface area (Å²) >= 11 is -0.0130. The average Bonchev–Trinajstić information content (AvgIpc) is 2.08. The van der Waals surface area contributed by atoms with Gasteiger partial charge in [-0.05, 0) is 31.1 Å². The van der Waals surface area contributed by atoms with E-state index in [0.29, 0.717) is 19.5 Å². The van der Waals surface area contributed by atoms with E-state index in [1.54, 1.807) is 0 Å². The molecule has 0 saturated heterocycles. The molecule has 0 heterocycles. The van der Waals surface area contributed by atoms with Gasteiger partial charge in [0.15, 0.2) is 0 Å². The minimum absolute atomic E-state index is 0.0130. The molecule has 0 bridgehead atoms. The maximum absolute atomic E-state index is 11.6. The van der Waals surface area contributed by atoms with Crippen LogP contribution in [0.1, 0.15) is 19.3 Å². The van der Waals surface area contributed by atoms with E-state index < -0.39 is 5.51 Å². The molecule has 14 heavy (non-hydrogen) atoms. The Kier molecular flexibility index (Phi) is 7.71. The summed E-state index contributed by atoms with van der Waals surface area (Å²) in [5, 5.41) is 11.1. The highest BCUT2D eigenvalue weighted by atomic mass is 32.2. The number of unbranched alkanes of at least 4 members (excludes halogenated alkanes) is 2. The van der Waals surface area contributed by atoms with Crippen LogP contribution in [0.4, 0.5) is 13.2 Å². The van der Waals surface area contributed by atoms with E-state index in [4.69, 9.17) is 5.26 Å². The topological polar surface area (TPSA) is 35.8 Å². The highest BCUT2D eigenvalue weighted by Crippen LogP contribution is 2.29. The molecule has 0 atom stereocenters. The lowest BCUT2D eigenvalue weighted by Crippen LogP contribution is -2.19. The summed E-state index contributed by atoms with van der Waals surface area (Å²) in [6.07, 6.45) is 2.15. The van der Waals surface area contributed by atoms with Crippen molar-refractivity contribution in [3.05, 3.63) is 0 Å². The lowest BCUT2D eigenvalue weighted by molar-refractivity contribution is -0.0327. The van der Waals surface area contributed by atoms with Crippen molar-refractivity contribution in [2.75, 3.05) is 18.8 Å². The van der Waals surface area contributed by atoms with Crippen molar-refractivity contribution < 1.29 is 13.2 Å². The number of nitriles is 1. The number of halogens is 3. The number of rotatable bonds is 7. The predicted octanol–water partition coefficient (Wildman–Crippen LogP) is 2.52. The van der Waals surface area contributed by atoms with Gasteiger partial charge in [-0.15, -0.1) is 0 Å². The Bertz CT molecular complexity index is 176. The minimum Gasteiger partial charge on any atom is -0.316 e. The third kappa shape index (κ3) is 11.6. The molecule has 0 aliphatic heterocycles. The van der Waals surface area contributed by atoms with Gasteiger partial charge in [0.25, 0.3) is 0 Å². The van der Waals surface area contributed by atoms with Crippen molar-refractivity contribution >= 4 is 11.8 Å². The molecule has 0 fully saturated rings. The second-order valence-corrected chi connectivity index (χ2v) is 3.82. The largest absolute Gasteiger partial charge is 0.441 e. The maximum atomic E-state index is 11.6. The zero-order valence-corrected chi connectivity index (χ0v) is 8.55. The number of hydrogen-bond donors (Lipinski definition) is 1. The van der Waals surface area contributed by atoms with Crippen LogP contribution in [0, 0.1) is 11.3 Å². The zero-order chi connectivity index (χ0) is 10.9. The molecular formula is C8H13F3N2S. The van der Waals surface area contributed by atoms with Crippen molar-refractivity contribution in [2.24, 2.45) is 0 Å². The lowest BCUT2D eigenvalue weighted by atomic mass is 10.2. The Morgan fingerprint density at radius 3 is 2.50 bits per heavy atom. The van der Waals surface area contributed by atoms with E-state index in [2.05, 4.69) is 5.32 Å². The molecular weight excluding hydrogens is 213 g/mol. The third-order valence-electron chi connectivity index (χ3n) is 1.44. The highest BCUT2D eigenvalue weighted by Gasteiger charge is 2.27. The van der Waals surface area contributed by atoms with Crippen molar-refractivity contribution in [2.45, 2.75) is 24.8 Å². The number of alkyl halides is 3. The molecule has 0 saturated carbocycles. The molecule has 0 aliphatic rings. The second kappa shape index (κ2) is 7.94. The fourth-order valence-electron chi connectivity index (χ4n) is 0.818. The van der Waals surface area contributed by atoms with E-state index >= 15 is 0 Å². The van der Waals surface area contributed by atoms with Crippen LogP contribution in [0.25, 0.3) is 0 Å². The quantitative estimate of drug-likeness (QED) is 0.677. The van der Waals surface area contributed by atoms with Crippen LogP contribution < -0.4 is 5.32 Å². The minimum atomic E-state index is -4.12. The zero-order valence-electron chi connectivity index (χ0n) is 7.73. The first kappa shape index (κ1) is 13.6. The first-order chi connectivity index (χ1) is 6.56. The molecule has 0 rings (SSSR count). The number of nitrogens with one attached hydrogen (secondary N) is 1. The van der Waals surface area contributed by atoms with Crippen LogP contribution >= 0.6 is 11.8 Å². The van der Waals surface area contributed by atoms with Gasteiger partial charge < -0.3 is 5.32 Å². The molecule has 0 aromatic heterocycles. The first-order valence-corrected chi connectivity index (χ1v) is 5.33. The number of hydrogen-bond acceptors (Lipinski definition) is 3. The summed E-state index contributed by atoms with van der Waals surface area (Å²) in [6.45, 7) is 1.04. The normalized spacial score (nSPS) is 11.3. The Morgan fingerprint density at radius 1 is 1.21 bits per heavy atom. The van der Waals surface area contributed by atoms with Crippen LogP contribution in [0.5, 0.6) is 0 Å². The fourth-order valence-corrected chi connectivity index (χ4v) is 1.30. The van der Waals surface area contributed by atoms with Gasteiger partial charge in [-0.3, -0.25) is 0 Å². The van der Waals surface area contributed by atoms with Crippen molar-refractivity contribution in [3.63, 3.8) is 0 Å². The predicted molar refractivity (Wildman–Crippen MR) is 50.8 cm³/mol.